The summed E-state index contributed by atoms with van der Waals surface area (Å²) in [6.45, 7) is 4.11. The quantitative estimate of drug-likeness (QED) is 0.632. The maximum absolute atomic E-state index is 6.47. The van der Waals surface area contributed by atoms with Gasteiger partial charge in [-0.1, -0.05) is 29.8 Å². The Morgan fingerprint density at radius 1 is 1.23 bits per heavy atom. The van der Waals surface area contributed by atoms with Gasteiger partial charge in [-0.15, -0.1) is 0 Å². The zero-order chi connectivity index (χ0) is 20.9. The molecule has 30 heavy (non-hydrogen) atoms. The Labute approximate surface area is 185 Å². The van der Waals surface area contributed by atoms with E-state index in [1.807, 2.05) is 10.6 Å². The van der Waals surface area contributed by atoms with Gasteiger partial charge in [0.05, 0.1) is 9.92 Å². The van der Waals surface area contributed by atoms with E-state index in [1.54, 1.807) is 24.3 Å². The SMILES string of the molecule is Cc1cc(N2CCC3(CCCC3N)CC2)n2ncnc2c1Sc1ccnc(N)c1Cl. The molecule has 158 valence electrons. The number of nitrogens with zero attached hydrogens (tertiary/aromatic N) is 5. The topological polar surface area (TPSA) is 98.4 Å². The molecular formula is C21H26ClN7S. The summed E-state index contributed by atoms with van der Waals surface area (Å²) in [7, 11) is 0. The van der Waals surface area contributed by atoms with E-state index in [0.717, 1.165) is 52.8 Å². The van der Waals surface area contributed by atoms with Gasteiger partial charge in [0.2, 0.25) is 0 Å². The van der Waals surface area contributed by atoms with Gasteiger partial charge >= 0.3 is 0 Å². The van der Waals surface area contributed by atoms with Crippen molar-refractivity contribution in [2.24, 2.45) is 11.1 Å². The number of fused-ring (bicyclic) bond motifs is 1. The lowest BCUT2D eigenvalue weighted by molar-refractivity contribution is 0.197. The molecule has 4 heterocycles. The van der Waals surface area contributed by atoms with E-state index >= 15 is 0 Å². The van der Waals surface area contributed by atoms with Crippen LogP contribution in [0.25, 0.3) is 5.65 Å². The van der Waals surface area contributed by atoms with E-state index in [4.69, 9.17) is 23.1 Å². The third kappa shape index (κ3) is 3.21. The number of rotatable bonds is 3. The summed E-state index contributed by atoms with van der Waals surface area (Å²) in [5.41, 5.74) is 14.7. The second kappa shape index (κ2) is 7.59. The molecule has 2 aliphatic rings. The zero-order valence-corrected chi connectivity index (χ0v) is 18.6. The van der Waals surface area contributed by atoms with Gasteiger partial charge in [0.25, 0.3) is 0 Å². The minimum atomic E-state index is 0.334. The molecule has 3 aromatic heterocycles. The normalized spacial score (nSPS) is 21.0. The zero-order valence-electron chi connectivity index (χ0n) is 17.0. The van der Waals surface area contributed by atoms with Crippen molar-refractivity contribution in [2.75, 3.05) is 23.7 Å². The van der Waals surface area contributed by atoms with Gasteiger partial charge in [-0.25, -0.2) is 9.97 Å². The molecule has 0 radical (unpaired) electrons. The maximum Gasteiger partial charge on any atom is 0.171 e. The number of aryl methyl sites for hydroxylation is 1. The summed E-state index contributed by atoms with van der Waals surface area (Å²) in [6, 6.07) is 4.43. The molecule has 4 N–H and O–H groups in total. The van der Waals surface area contributed by atoms with Crippen molar-refractivity contribution < 1.29 is 0 Å². The molecule has 0 aromatic carbocycles. The molecule has 1 atom stereocenters. The predicted octanol–water partition coefficient (Wildman–Crippen LogP) is 3.92. The number of piperidine rings is 1. The predicted molar refractivity (Wildman–Crippen MR) is 121 cm³/mol. The lowest BCUT2D eigenvalue weighted by Crippen LogP contribution is -2.47. The van der Waals surface area contributed by atoms with Crippen LogP contribution in [0.15, 0.2) is 34.4 Å². The van der Waals surface area contributed by atoms with Crippen LogP contribution in [0.3, 0.4) is 0 Å². The summed E-state index contributed by atoms with van der Waals surface area (Å²) in [6.07, 6.45) is 9.28. The number of pyridine rings is 2. The van der Waals surface area contributed by atoms with Crippen molar-refractivity contribution in [3.8, 4) is 0 Å². The molecule has 0 amide bonds. The average molecular weight is 444 g/mol. The monoisotopic (exact) mass is 443 g/mol. The van der Waals surface area contributed by atoms with Crippen LogP contribution in [-0.4, -0.2) is 38.7 Å². The number of hydrogen-bond donors (Lipinski definition) is 2. The molecule has 7 nitrogen and oxygen atoms in total. The third-order valence-electron chi connectivity index (χ3n) is 6.82. The molecule has 1 saturated carbocycles. The number of aromatic nitrogens is 4. The molecule has 5 rings (SSSR count). The highest BCUT2D eigenvalue weighted by atomic mass is 35.5. The van der Waals surface area contributed by atoms with Gasteiger partial charge < -0.3 is 16.4 Å². The van der Waals surface area contributed by atoms with Gasteiger partial charge in [-0.3, -0.25) is 0 Å². The van der Waals surface area contributed by atoms with Crippen molar-refractivity contribution in [1.82, 2.24) is 19.6 Å². The Hall–Kier alpha value is -2.03. The molecule has 2 fully saturated rings. The highest BCUT2D eigenvalue weighted by Gasteiger charge is 2.43. The van der Waals surface area contributed by atoms with Crippen LogP contribution >= 0.6 is 23.4 Å². The molecule has 1 aliphatic carbocycles. The van der Waals surface area contributed by atoms with Gasteiger partial charge in [0.1, 0.15) is 18.0 Å². The van der Waals surface area contributed by atoms with Gasteiger partial charge in [-0.2, -0.15) is 9.61 Å². The largest absolute Gasteiger partial charge is 0.382 e. The molecular weight excluding hydrogens is 418 g/mol. The van der Waals surface area contributed by atoms with Crippen molar-refractivity contribution in [1.29, 1.82) is 0 Å². The Morgan fingerprint density at radius 3 is 2.77 bits per heavy atom. The Morgan fingerprint density at radius 2 is 2.03 bits per heavy atom. The van der Waals surface area contributed by atoms with Crippen LogP contribution < -0.4 is 16.4 Å². The second-order valence-electron chi connectivity index (χ2n) is 8.47. The lowest BCUT2D eigenvalue weighted by Gasteiger charge is -2.43. The Kier molecular flexibility index (Phi) is 5.03. The first-order valence-electron chi connectivity index (χ1n) is 10.4. The minimum absolute atomic E-state index is 0.334. The fourth-order valence-corrected chi connectivity index (χ4v) is 6.23. The highest BCUT2D eigenvalue weighted by Crippen LogP contribution is 2.46. The highest BCUT2D eigenvalue weighted by molar-refractivity contribution is 7.99. The first kappa shape index (κ1) is 19.9. The minimum Gasteiger partial charge on any atom is -0.382 e. The molecule has 9 heteroatoms. The van der Waals surface area contributed by atoms with E-state index in [2.05, 4.69) is 33.0 Å². The van der Waals surface area contributed by atoms with Crippen LogP contribution in [0.1, 0.15) is 37.7 Å². The van der Waals surface area contributed by atoms with Crippen molar-refractivity contribution >= 4 is 40.6 Å². The molecule has 3 aromatic rings. The summed E-state index contributed by atoms with van der Waals surface area (Å²) in [4.78, 5) is 12.9. The fourth-order valence-electron chi connectivity index (χ4n) is 5.01. The average Bonchev–Trinajstić information content (AvgIpc) is 3.36. The van der Waals surface area contributed by atoms with Crippen molar-refractivity contribution in [3.05, 3.63) is 35.2 Å². The van der Waals surface area contributed by atoms with Crippen LogP contribution in [-0.2, 0) is 0 Å². The fraction of sp³-hybridized carbons (Fsp3) is 0.476. The van der Waals surface area contributed by atoms with Crippen LogP contribution in [0.4, 0.5) is 11.6 Å². The first-order chi connectivity index (χ1) is 14.5. The Balaban J connectivity index is 1.47. The van der Waals surface area contributed by atoms with Gasteiger partial charge in [0, 0.05) is 30.2 Å². The van der Waals surface area contributed by atoms with Crippen LogP contribution in [0, 0.1) is 12.3 Å². The third-order valence-corrected chi connectivity index (χ3v) is 8.60. The van der Waals surface area contributed by atoms with E-state index in [1.165, 1.54) is 19.3 Å². The van der Waals surface area contributed by atoms with Gasteiger partial charge in [0.15, 0.2) is 5.65 Å². The summed E-state index contributed by atoms with van der Waals surface area (Å²) in [5, 5.41) is 5.01. The molecule has 0 bridgehead atoms. The summed E-state index contributed by atoms with van der Waals surface area (Å²) < 4.78 is 1.94. The second-order valence-corrected chi connectivity index (χ2v) is 9.90. The number of nitrogen functional groups attached to an aromatic ring is 1. The lowest BCUT2D eigenvalue weighted by atomic mass is 9.74. The summed E-state index contributed by atoms with van der Waals surface area (Å²) in [5.74, 6) is 1.42. The van der Waals surface area contributed by atoms with E-state index in [0.29, 0.717) is 22.3 Å². The van der Waals surface area contributed by atoms with E-state index in [-0.39, 0.29) is 0 Å². The van der Waals surface area contributed by atoms with Crippen molar-refractivity contribution in [3.63, 3.8) is 0 Å². The van der Waals surface area contributed by atoms with Crippen LogP contribution in [0.5, 0.6) is 0 Å². The van der Waals surface area contributed by atoms with Gasteiger partial charge in [-0.05, 0) is 55.7 Å². The molecule has 1 aliphatic heterocycles. The smallest absolute Gasteiger partial charge is 0.171 e. The standard InChI is InChI=1S/C21H26ClN7S/c1-13-11-16(28-9-6-21(7-10-28)5-2-3-15(21)23)29-20(26-12-27-29)18(13)30-14-4-8-25-19(24)17(14)22/h4,8,11-12,15H,2-3,5-7,9-10,23H2,1H3,(H2,24,25). The first-order valence-corrected chi connectivity index (χ1v) is 11.6. The number of anilines is 2. The molecule has 1 saturated heterocycles. The molecule has 1 unspecified atom stereocenters. The van der Waals surface area contributed by atoms with E-state index in [9.17, 15) is 0 Å². The number of nitrogens with two attached hydrogens (primary N) is 2. The Bertz CT molecular complexity index is 1090. The van der Waals surface area contributed by atoms with Crippen molar-refractivity contribution in [2.45, 2.75) is 54.9 Å². The number of halogens is 1. The van der Waals surface area contributed by atoms with E-state index < -0.39 is 0 Å². The number of hydrogen-bond acceptors (Lipinski definition) is 7. The van der Waals surface area contributed by atoms with Crippen LogP contribution in [0.2, 0.25) is 5.02 Å². The summed E-state index contributed by atoms with van der Waals surface area (Å²) >= 11 is 7.92. The maximum atomic E-state index is 6.47. The molecule has 1 spiro atoms.